The van der Waals surface area contributed by atoms with Crippen molar-refractivity contribution in [3.8, 4) is 0 Å². The average molecular weight is 471 g/mol. The molecule has 1 N–H and O–H groups in total. The van der Waals surface area contributed by atoms with Gasteiger partial charge in [0.05, 0.1) is 6.04 Å². The second-order valence-electron chi connectivity index (χ2n) is 9.08. The molecular weight excluding hydrogens is 440 g/mol. The monoisotopic (exact) mass is 470 g/mol. The van der Waals surface area contributed by atoms with Crippen LogP contribution in [0.5, 0.6) is 0 Å². The molecule has 0 heterocycles. The van der Waals surface area contributed by atoms with Crippen LogP contribution in [0.3, 0.4) is 0 Å². The van der Waals surface area contributed by atoms with Crippen molar-refractivity contribution in [2.24, 2.45) is 0 Å². The summed E-state index contributed by atoms with van der Waals surface area (Å²) in [5.74, 6) is 0.0221. The third kappa shape index (κ3) is 5.31. The fraction of sp³-hybridized carbons (Fsp3) is 0.121. The van der Waals surface area contributed by atoms with Crippen LogP contribution in [-0.4, -0.2) is 10.8 Å². The molecule has 5 rings (SSSR count). The highest BCUT2D eigenvalue weighted by Gasteiger charge is 2.24. The Morgan fingerprint density at radius 3 is 2.03 bits per heavy atom. The van der Waals surface area contributed by atoms with Gasteiger partial charge in [-0.3, -0.25) is 4.79 Å². The van der Waals surface area contributed by atoms with Crippen LogP contribution in [0, 0.1) is 0 Å². The lowest BCUT2D eigenvalue weighted by Gasteiger charge is -2.31. The highest BCUT2D eigenvalue weighted by atomic mass is 16.2. The van der Waals surface area contributed by atoms with Crippen molar-refractivity contribution in [2.45, 2.75) is 26.1 Å². The predicted molar refractivity (Wildman–Crippen MR) is 149 cm³/mol. The Morgan fingerprint density at radius 2 is 1.31 bits per heavy atom. The number of nitrogens with zero attached hydrogens (tertiary/aromatic N) is 1. The molecule has 1 amide bonds. The molecule has 1 unspecified atom stereocenters. The number of hydrogen-bond donors (Lipinski definition) is 1. The van der Waals surface area contributed by atoms with E-state index >= 15 is 0 Å². The fourth-order valence-electron chi connectivity index (χ4n) is 4.64. The lowest BCUT2D eigenvalue weighted by Crippen LogP contribution is -2.33. The first-order valence-corrected chi connectivity index (χ1v) is 12.4. The van der Waals surface area contributed by atoms with E-state index in [0.29, 0.717) is 12.1 Å². The summed E-state index contributed by atoms with van der Waals surface area (Å²) in [5, 5.41) is 5.80. The first-order valence-electron chi connectivity index (χ1n) is 12.4. The zero-order valence-corrected chi connectivity index (χ0v) is 20.5. The van der Waals surface area contributed by atoms with Crippen LogP contribution in [0.2, 0.25) is 0 Å². The van der Waals surface area contributed by atoms with Crippen molar-refractivity contribution in [1.82, 2.24) is 4.90 Å². The standard InChI is InChI=1S/C33H30N2O/c1-25(31-18-10-16-28-15-8-9-17-32(28)31)35(24-27-13-6-3-7-14-27)33(36)29-19-21-30(22-20-29)34-23-26-11-4-2-5-12-26/h2-22,25,34H,23-24H2,1H3. The molecule has 5 aromatic rings. The molecule has 0 bridgehead atoms. The Bertz CT molecular complexity index is 1420. The summed E-state index contributed by atoms with van der Waals surface area (Å²) in [6, 6.07) is 42.9. The van der Waals surface area contributed by atoms with Crippen LogP contribution in [0.4, 0.5) is 5.69 Å². The highest BCUT2D eigenvalue weighted by Crippen LogP contribution is 2.30. The minimum absolute atomic E-state index is 0.0221. The summed E-state index contributed by atoms with van der Waals surface area (Å²) >= 11 is 0. The van der Waals surface area contributed by atoms with E-state index in [9.17, 15) is 4.79 Å². The van der Waals surface area contributed by atoms with E-state index in [2.05, 4.69) is 79.0 Å². The Morgan fingerprint density at radius 1 is 0.694 bits per heavy atom. The third-order valence-electron chi connectivity index (χ3n) is 6.67. The molecule has 0 spiro atoms. The van der Waals surface area contributed by atoms with E-state index in [1.165, 1.54) is 16.3 Å². The van der Waals surface area contributed by atoms with Gasteiger partial charge in [0.1, 0.15) is 0 Å². The number of fused-ring (bicyclic) bond motifs is 1. The van der Waals surface area contributed by atoms with Crippen molar-refractivity contribution >= 4 is 22.4 Å². The summed E-state index contributed by atoms with van der Waals surface area (Å²) < 4.78 is 0. The van der Waals surface area contributed by atoms with E-state index in [0.717, 1.165) is 23.4 Å². The molecule has 0 radical (unpaired) electrons. The fourth-order valence-corrected chi connectivity index (χ4v) is 4.64. The molecule has 0 aromatic heterocycles. The van der Waals surface area contributed by atoms with Gasteiger partial charge in [0.2, 0.25) is 0 Å². The lowest BCUT2D eigenvalue weighted by molar-refractivity contribution is 0.0675. The van der Waals surface area contributed by atoms with Gasteiger partial charge < -0.3 is 10.2 Å². The second kappa shape index (κ2) is 10.9. The number of carbonyl (C=O) groups is 1. The summed E-state index contributed by atoms with van der Waals surface area (Å²) in [6.07, 6.45) is 0. The van der Waals surface area contributed by atoms with Crippen LogP contribution >= 0.6 is 0 Å². The molecule has 3 heteroatoms. The maximum absolute atomic E-state index is 13.9. The largest absolute Gasteiger partial charge is 0.381 e. The second-order valence-corrected chi connectivity index (χ2v) is 9.08. The van der Waals surface area contributed by atoms with Crippen LogP contribution in [0.25, 0.3) is 10.8 Å². The molecule has 0 aliphatic rings. The van der Waals surface area contributed by atoms with Crippen LogP contribution in [0.15, 0.2) is 127 Å². The number of amides is 1. The number of anilines is 1. The summed E-state index contributed by atoms with van der Waals surface area (Å²) in [7, 11) is 0. The molecular formula is C33H30N2O. The zero-order valence-electron chi connectivity index (χ0n) is 20.5. The van der Waals surface area contributed by atoms with Gasteiger partial charge in [0.15, 0.2) is 0 Å². The molecule has 0 saturated heterocycles. The summed E-state index contributed by atoms with van der Waals surface area (Å²) in [5.41, 5.74) is 5.16. The Kier molecular flexibility index (Phi) is 7.09. The van der Waals surface area contributed by atoms with Crippen molar-refractivity contribution in [3.63, 3.8) is 0 Å². The Labute approximate surface area is 213 Å². The SMILES string of the molecule is CC(c1cccc2ccccc12)N(Cc1ccccc1)C(=O)c1ccc(NCc2ccccc2)cc1. The topological polar surface area (TPSA) is 32.3 Å². The van der Waals surface area contributed by atoms with Crippen molar-refractivity contribution in [3.05, 3.63) is 150 Å². The quantitative estimate of drug-likeness (QED) is 0.250. The van der Waals surface area contributed by atoms with Crippen molar-refractivity contribution < 1.29 is 4.79 Å². The maximum atomic E-state index is 13.9. The molecule has 0 saturated carbocycles. The first-order chi connectivity index (χ1) is 17.7. The number of rotatable bonds is 8. The summed E-state index contributed by atoms with van der Waals surface area (Å²) in [4.78, 5) is 15.9. The highest BCUT2D eigenvalue weighted by molar-refractivity contribution is 5.95. The van der Waals surface area contributed by atoms with Gasteiger partial charge in [-0.1, -0.05) is 103 Å². The Hall–Kier alpha value is -4.37. The zero-order chi connectivity index (χ0) is 24.7. The minimum atomic E-state index is -0.0975. The van der Waals surface area contributed by atoms with Crippen LogP contribution < -0.4 is 5.32 Å². The van der Waals surface area contributed by atoms with Crippen LogP contribution in [0.1, 0.15) is 40.0 Å². The van der Waals surface area contributed by atoms with E-state index in [1.807, 2.05) is 65.6 Å². The number of hydrogen-bond acceptors (Lipinski definition) is 2. The smallest absolute Gasteiger partial charge is 0.254 e. The molecule has 0 aliphatic carbocycles. The molecule has 0 fully saturated rings. The first kappa shape index (κ1) is 23.4. The molecule has 0 aliphatic heterocycles. The van der Waals surface area contributed by atoms with Gasteiger partial charge in [0, 0.05) is 24.3 Å². The summed E-state index contributed by atoms with van der Waals surface area (Å²) in [6.45, 7) is 3.41. The van der Waals surface area contributed by atoms with Gasteiger partial charge >= 0.3 is 0 Å². The van der Waals surface area contributed by atoms with Crippen LogP contribution in [-0.2, 0) is 13.1 Å². The maximum Gasteiger partial charge on any atom is 0.254 e. The van der Waals surface area contributed by atoms with Crippen molar-refractivity contribution in [1.29, 1.82) is 0 Å². The number of nitrogens with one attached hydrogen (secondary N) is 1. The van der Waals surface area contributed by atoms with Gasteiger partial charge in [-0.25, -0.2) is 0 Å². The Balaban J connectivity index is 1.41. The predicted octanol–water partition coefficient (Wildman–Crippen LogP) is 7.86. The third-order valence-corrected chi connectivity index (χ3v) is 6.67. The molecule has 5 aromatic carbocycles. The molecule has 3 nitrogen and oxygen atoms in total. The number of benzene rings is 5. The van der Waals surface area contributed by atoms with E-state index in [4.69, 9.17) is 0 Å². The van der Waals surface area contributed by atoms with Gasteiger partial charge in [-0.05, 0) is 58.7 Å². The number of carbonyl (C=O) groups excluding carboxylic acids is 1. The normalized spacial score (nSPS) is 11.7. The minimum Gasteiger partial charge on any atom is -0.381 e. The van der Waals surface area contributed by atoms with E-state index in [1.54, 1.807) is 0 Å². The average Bonchev–Trinajstić information content (AvgIpc) is 2.95. The lowest BCUT2D eigenvalue weighted by atomic mass is 9.97. The van der Waals surface area contributed by atoms with Gasteiger partial charge in [-0.2, -0.15) is 0 Å². The van der Waals surface area contributed by atoms with E-state index in [-0.39, 0.29) is 11.9 Å². The molecule has 178 valence electrons. The van der Waals surface area contributed by atoms with E-state index < -0.39 is 0 Å². The molecule has 36 heavy (non-hydrogen) atoms. The van der Waals surface area contributed by atoms with Gasteiger partial charge in [0.25, 0.3) is 5.91 Å². The van der Waals surface area contributed by atoms with Crippen molar-refractivity contribution in [2.75, 3.05) is 5.32 Å². The molecule has 1 atom stereocenters. The van der Waals surface area contributed by atoms with Gasteiger partial charge in [-0.15, -0.1) is 0 Å².